The fourth-order valence-electron chi connectivity index (χ4n) is 3.80. The average molecular weight is 339 g/mol. The van der Waals surface area contributed by atoms with Gasteiger partial charge in [-0.2, -0.15) is 0 Å². The number of amides is 1. The molecule has 1 aliphatic carbocycles. The van der Waals surface area contributed by atoms with Crippen LogP contribution in [0.1, 0.15) is 36.9 Å². The maximum absolute atomic E-state index is 12.3. The number of rotatable bonds is 4. The zero-order valence-electron chi connectivity index (χ0n) is 15.0. The number of carbonyl (C=O) groups is 1. The van der Waals surface area contributed by atoms with Gasteiger partial charge in [0.2, 0.25) is 5.91 Å². The minimum Gasteiger partial charge on any atom is -0.369 e. The molecule has 1 saturated heterocycles. The van der Waals surface area contributed by atoms with E-state index in [1.807, 2.05) is 6.92 Å². The topological polar surface area (TPSA) is 71.0 Å². The largest absolute Gasteiger partial charge is 0.369 e. The molecule has 2 aliphatic rings. The van der Waals surface area contributed by atoms with Gasteiger partial charge in [0.05, 0.1) is 5.39 Å². The maximum atomic E-state index is 12.3. The standard InChI is InChI=1S/C19H25N5O/c1-12-8-13(2)23-18-16(12)17(21-11-22-18)20-9-14-4-3-7-24(10-14)19(25)15-5-6-15/h8,11,14-15H,3-7,9-10H2,1-2H3,(H,20,21,22,23). The van der Waals surface area contributed by atoms with Gasteiger partial charge in [-0.3, -0.25) is 4.79 Å². The highest BCUT2D eigenvalue weighted by molar-refractivity contribution is 5.89. The Morgan fingerprint density at radius 3 is 2.92 bits per heavy atom. The van der Waals surface area contributed by atoms with Crippen molar-refractivity contribution >= 4 is 22.8 Å². The van der Waals surface area contributed by atoms with E-state index in [0.717, 1.165) is 73.4 Å². The third-order valence-corrected chi connectivity index (χ3v) is 5.24. The molecule has 6 nitrogen and oxygen atoms in total. The van der Waals surface area contributed by atoms with Crippen LogP contribution in [-0.2, 0) is 4.79 Å². The van der Waals surface area contributed by atoms with E-state index in [2.05, 4.69) is 38.2 Å². The summed E-state index contributed by atoms with van der Waals surface area (Å²) in [6.07, 6.45) is 5.98. The Morgan fingerprint density at radius 1 is 1.28 bits per heavy atom. The lowest BCUT2D eigenvalue weighted by molar-refractivity contribution is -0.134. The number of carbonyl (C=O) groups excluding carboxylic acids is 1. The van der Waals surface area contributed by atoms with Crippen LogP contribution in [0, 0.1) is 25.7 Å². The van der Waals surface area contributed by atoms with Crippen molar-refractivity contribution in [2.24, 2.45) is 11.8 Å². The van der Waals surface area contributed by atoms with E-state index in [9.17, 15) is 4.79 Å². The third-order valence-electron chi connectivity index (χ3n) is 5.24. The Morgan fingerprint density at radius 2 is 2.12 bits per heavy atom. The predicted molar refractivity (Wildman–Crippen MR) is 97.3 cm³/mol. The lowest BCUT2D eigenvalue weighted by atomic mass is 9.97. The Bertz CT molecular complexity index is 802. The van der Waals surface area contributed by atoms with Gasteiger partial charge < -0.3 is 10.2 Å². The van der Waals surface area contributed by atoms with Crippen LogP contribution in [0.2, 0.25) is 0 Å². The number of pyridine rings is 1. The second-order valence-electron chi connectivity index (χ2n) is 7.45. The molecule has 1 saturated carbocycles. The van der Waals surface area contributed by atoms with E-state index < -0.39 is 0 Å². The summed E-state index contributed by atoms with van der Waals surface area (Å²) in [5.74, 6) is 2.00. The smallest absolute Gasteiger partial charge is 0.225 e. The number of fused-ring (bicyclic) bond motifs is 1. The van der Waals surface area contributed by atoms with E-state index in [1.54, 1.807) is 6.33 Å². The molecule has 0 bridgehead atoms. The highest BCUT2D eigenvalue weighted by Crippen LogP contribution is 2.32. The quantitative estimate of drug-likeness (QED) is 0.927. The van der Waals surface area contributed by atoms with Crippen molar-refractivity contribution in [3.05, 3.63) is 23.7 Å². The van der Waals surface area contributed by atoms with E-state index in [1.165, 1.54) is 0 Å². The molecule has 4 rings (SSSR count). The van der Waals surface area contributed by atoms with E-state index in [0.29, 0.717) is 17.7 Å². The predicted octanol–water partition coefficient (Wildman–Crippen LogP) is 2.70. The third kappa shape index (κ3) is 3.43. The maximum Gasteiger partial charge on any atom is 0.225 e. The number of hydrogen-bond donors (Lipinski definition) is 1. The van der Waals surface area contributed by atoms with Crippen LogP contribution in [0.15, 0.2) is 12.4 Å². The molecule has 1 amide bonds. The zero-order chi connectivity index (χ0) is 17.4. The number of nitrogens with one attached hydrogen (secondary N) is 1. The Hall–Kier alpha value is -2.24. The van der Waals surface area contributed by atoms with Gasteiger partial charge in [0.15, 0.2) is 5.65 Å². The van der Waals surface area contributed by atoms with Crippen molar-refractivity contribution in [3.8, 4) is 0 Å². The fraction of sp³-hybridized carbons (Fsp3) is 0.579. The Kier molecular flexibility index (Phi) is 4.27. The summed E-state index contributed by atoms with van der Waals surface area (Å²) in [6, 6.07) is 2.06. The van der Waals surface area contributed by atoms with Crippen molar-refractivity contribution in [2.75, 3.05) is 25.0 Å². The van der Waals surface area contributed by atoms with E-state index in [4.69, 9.17) is 0 Å². The molecule has 3 heterocycles. The molecule has 1 unspecified atom stereocenters. The normalized spacial score (nSPS) is 20.7. The first-order valence-corrected chi connectivity index (χ1v) is 9.23. The van der Waals surface area contributed by atoms with Gasteiger partial charge in [-0.25, -0.2) is 15.0 Å². The van der Waals surface area contributed by atoms with Crippen molar-refractivity contribution in [3.63, 3.8) is 0 Å². The van der Waals surface area contributed by atoms with Gasteiger partial charge in [-0.1, -0.05) is 0 Å². The second-order valence-corrected chi connectivity index (χ2v) is 7.45. The van der Waals surface area contributed by atoms with Gasteiger partial charge >= 0.3 is 0 Å². The monoisotopic (exact) mass is 339 g/mol. The first kappa shape index (κ1) is 16.2. The number of piperidine rings is 1. The number of aromatic nitrogens is 3. The molecule has 2 aromatic rings. The number of hydrogen-bond acceptors (Lipinski definition) is 5. The average Bonchev–Trinajstić information content (AvgIpc) is 3.44. The van der Waals surface area contributed by atoms with Crippen molar-refractivity contribution in [1.29, 1.82) is 0 Å². The molecule has 0 spiro atoms. The Labute approximate surface area is 148 Å². The molecule has 25 heavy (non-hydrogen) atoms. The first-order valence-electron chi connectivity index (χ1n) is 9.23. The molecule has 132 valence electrons. The minimum atomic E-state index is 0.314. The summed E-state index contributed by atoms with van der Waals surface area (Å²) in [5, 5.41) is 4.49. The number of nitrogens with zero attached hydrogens (tertiary/aromatic N) is 4. The SMILES string of the molecule is Cc1cc(C)c2c(NCC3CCCN(C(=O)C4CC4)C3)ncnc2n1. The Balaban J connectivity index is 1.46. The van der Waals surface area contributed by atoms with Gasteiger partial charge in [0.1, 0.15) is 12.1 Å². The molecular weight excluding hydrogens is 314 g/mol. The highest BCUT2D eigenvalue weighted by atomic mass is 16.2. The molecule has 6 heteroatoms. The lowest BCUT2D eigenvalue weighted by Gasteiger charge is -2.33. The molecule has 2 aromatic heterocycles. The van der Waals surface area contributed by atoms with Gasteiger partial charge in [0.25, 0.3) is 0 Å². The summed E-state index contributed by atoms with van der Waals surface area (Å²) in [6.45, 7) is 6.66. The van der Waals surface area contributed by atoms with E-state index in [-0.39, 0.29) is 0 Å². The number of likely N-dealkylation sites (tertiary alicyclic amines) is 1. The molecule has 2 fully saturated rings. The number of anilines is 1. The van der Waals surface area contributed by atoms with Gasteiger partial charge in [-0.15, -0.1) is 0 Å². The highest BCUT2D eigenvalue weighted by Gasteiger charge is 2.35. The van der Waals surface area contributed by atoms with Crippen LogP contribution >= 0.6 is 0 Å². The molecule has 0 radical (unpaired) electrons. The minimum absolute atomic E-state index is 0.314. The first-order chi connectivity index (χ1) is 12.1. The summed E-state index contributed by atoms with van der Waals surface area (Å²) in [4.78, 5) is 27.6. The van der Waals surface area contributed by atoms with Gasteiger partial charge in [-0.05, 0) is 57.1 Å². The van der Waals surface area contributed by atoms with Crippen LogP contribution < -0.4 is 5.32 Å². The number of aryl methyl sites for hydroxylation is 2. The van der Waals surface area contributed by atoms with Crippen molar-refractivity contribution in [1.82, 2.24) is 19.9 Å². The van der Waals surface area contributed by atoms with Crippen molar-refractivity contribution in [2.45, 2.75) is 39.5 Å². The molecular formula is C19H25N5O. The summed E-state index contributed by atoms with van der Waals surface area (Å²) < 4.78 is 0. The molecule has 1 atom stereocenters. The molecule has 1 aliphatic heterocycles. The summed E-state index contributed by atoms with van der Waals surface area (Å²) in [7, 11) is 0. The fourth-order valence-corrected chi connectivity index (χ4v) is 3.80. The van der Waals surface area contributed by atoms with Crippen molar-refractivity contribution < 1.29 is 4.79 Å². The van der Waals surface area contributed by atoms with Crippen LogP contribution in [0.5, 0.6) is 0 Å². The second kappa shape index (κ2) is 6.58. The summed E-state index contributed by atoms with van der Waals surface area (Å²) >= 11 is 0. The molecule has 1 N–H and O–H groups in total. The lowest BCUT2D eigenvalue weighted by Crippen LogP contribution is -2.42. The molecule has 0 aromatic carbocycles. The van der Waals surface area contributed by atoms with Crippen LogP contribution in [0.3, 0.4) is 0 Å². The zero-order valence-corrected chi connectivity index (χ0v) is 15.0. The van der Waals surface area contributed by atoms with Gasteiger partial charge in [0, 0.05) is 31.2 Å². The van der Waals surface area contributed by atoms with Crippen LogP contribution in [0.25, 0.3) is 11.0 Å². The van der Waals surface area contributed by atoms with E-state index >= 15 is 0 Å². The van der Waals surface area contributed by atoms with Crippen LogP contribution in [0.4, 0.5) is 5.82 Å². The van der Waals surface area contributed by atoms with Crippen LogP contribution in [-0.4, -0.2) is 45.4 Å². The summed E-state index contributed by atoms with van der Waals surface area (Å²) in [5.41, 5.74) is 2.85.